The van der Waals surface area contributed by atoms with E-state index in [9.17, 15) is 9.59 Å². The SMILES string of the molecule is C/C=C\C(OCC)=C(/CC)C(=O)c1cc(CC(=O)O)ccc1C. The zero-order valence-corrected chi connectivity index (χ0v) is 14.2. The number of aryl methyl sites for hydroxylation is 1. The lowest BCUT2D eigenvalue weighted by Gasteiger charge is -2.13. The number of Topliss-reactive ketones (excluding diaryl/α,β-unsaturated/α-hetero) is 1. The van der Waals surface area contributed by atoms with Crippen molar-refractivity contribution in [2.24, 2.45) is 0 Å². The van der Waals surface area contributed by atoms with Crippen molar-refractivity contribution in [3.05, 3.63) is 58.4 Å². The van der Waals surface area contributed by atoms with Gasteiger partial charge in [0.25, 0.3) is 0 Å². The number of carbonyl (C=O) groups is 2. The van der Waals surface area contributed by atoms with Crippen molar-refractivity contribution < 1.29 is 19.4 Å². The Kier molecular flexibility index (Phi) is 7.26. The Labute approximate surface area is 137 Å². The molecule has 0 amide bonds. The Balaban J connectivity index is 3.34. The van der Waals surface area contributed by atoms with Crippen molar-refractivity contribution >= 4 is 11.8 Å². The Morgan fingerprint density at radius 3 is 2.48 bits per heavy atom. The van der Waals surface area contributed by atoms with Crippen molar-refractivity contribution in [1.29, 1.82) is 0 Å². The van der Waals surface area contributed by atoms with Gasteiger partial charge in [-0.2, -0.15) is 0 Å². The summed E-state index contributed by atoms with van der Waals surface area (Å²) in [7, 11) is 0. The minimum Gasteiger partial charge on any atom is -0.493 e. The molecule has 4 nitrogen and oxygen atoms in total. The van der Waals surface area contributed by atoms with E-state index in [0.29, 0.717) is 35.5 Å². The van der Waals surface area contributed by atoms with E-state index in [1.807, 2.05) is 33.8 Å². The van der Waals surface area contributed by atoms with Gasteiger partial charge in [0.1, 0.15) is 5.76 Å². The van der Waals surface area contributed by atoms with Crippen LogP contribution in [0.1, 0.15) is 48.7 Å². The molecule has 0 bridgehead atoms. The van der Waals surface area contributed by atoms with Crippen LogP contribution >= 0.6 is 0 Å². The fourth-order valence-electron chi connectivity index (χ4n) is 2.35. The van der Waals surface area contributed by atoms with E-state index < -0.39 is 5.97 Å². The standard InChI is InChI=1S/C19H24O4/c1-5-8-17(23-7-3)15(6-2)19(22)16-11-14(12-18(20)21)10-9-13(16)4/h5,8-11H,6-7,12H2,1-4H3,(H,20,21)/b8-5-,17-15-. The number of carboxylic acid groups (broad SMARTS) is 1. The van der Waals surface area contributed by atoms with Gasteiger partial charge in [-0.25, -0.2) is 0 Å². The average molecular weight is 316 g/mol. The molecule has 0 aliphatic heterocycles. The molecule has 0 aliphatic rings. The van der Waals surface area contributed by atoms with Crippen LogP contribution in [-0.4, -0.2) is 23.5 Å². The molecule has 0 aromatic heterocycles. The number of aliphatic carboxylic acids is 1. The number of allylic oxidation sites excluding steroid dienone is 3. The first-order valence-corrected chi connectivity index (χ1v) is 7.79. The molecule has 1 aromatic carbocycles. The van der Waals surface area contributed by atoms with Crippen LogP contribution in [0.5, 0.6) is 0 Å². The second-order valence-corrected chi connectivity index (χ2v) is 5.18. The summed E-state index contributed by atoms with van der Waals surface area (Å²) in [5, 5.41) is 8.93. The third kappa shape index (κ3) is 5.09. The van der Waals surface area contributed by atoms with E-state index in [2.05, 4.69) is 0 Å². The number of ketones is 1. The molecule has 1 aromatic rings. The van der Waals surface area contributed by atoms with Crippen molar-refractivity contribution in [2.75, 3.05) is 6.61 Å². The summed E-state index contributed by atoms with van der Waals surface area (Å²) in [4.78, 5) is 23.8. The summed E-state index contributed by atoms with van der Waals surface area (Å²) in [6, 6.07) is 5.19. The molecule has 0 aliphatic carbocycles. The molecule has 0 atom stereocenters. The second kappa shape index (κ2) is 8.93. The maximum absolute atomic E-state index is 12.9. The highest BCUT2D eigenvalue weighted by molar-refractivity contribution is 6.10. The molecule has 0 unspecified atom stereocenters. The van der Waals surface area contributed by atoms with E-state index in [1.54, 1.807) is 24.3 Å². The summed E-state index contributed by atoms with van der Waals surface area (Å²) in [5.41, 5.74) is 2.57. The lowest BCUT2D eigenvalue weighted by molar-refractivity contribution is -0.136. The first-order valence-electron chi connectivity index (χ1n) is 7.79. The maximum Gasteiger partial charge on any atom is 0.307 e. The number of carboxylic acids is 1. The summed E-state index contributed by atoms with van der Waals surface area (Å²) in [5.74, 6) is -0.452. The van der Waals surface area contributed by atoms with Crippen LogP contribution in [-0.2, 0) is 16.0 Å². The molecular formula is C19H24O4. The van der Waals surface area contributed by atoms with Gasteiger partial charge in [-0.1, -0.05) is 25.1 Å². The van der Waals surface area contributed by atoms with Crippen LogP contribution in [0.25, 0.3) is 0 Å². The molecule has 0 saturated heterocycles. The highest BCUT2D eigenvalue weighted by Gasteiger charge is 2.18. The Bertz CT molecular complexity index is 639. The number of carbonyl (C=O) groups excluding carboxylic acids is 1. The Morgan fingerprint density at radius 2 is 1.96 bits per heavy atom. The lowest BCUT2D eigenvalue weighted by atomic mass is 9.94. The second-order valence-electron chi connectivity index (χ2n) is 5.18. The first-order chi connectivity index (χ1) is 10.9. The van der Waals surface area contributed by atoms with Crippen molar-refractivity contribution in [3.8, 4) is 0 Å². The number of hydrogen-bond acceptors (Lipinski definition) is 3. The Morgan fingerprint density at radius 1 is 1.26 bits per heavy atom. The predicted molar refractivity (Wildman–Crippen MR) is 90.6 cm³/mol. The van der Waals surface area contributed by atoms with Crippen molar-refractivity contribution in [2.45, 2.75) is 40.5 Å². The normalized spacial score (nSPS) is 12.2. The monoisotopic (exact) mass is 316 g/mol. The smallest absolute Gasteiger partial charge is 0.307 e. The van der Waals surface area contributed by atoms with Crippen LogP contribution < -0.4 is 0 Å². The fourth-order valence-corrected chi connectivity index (χ4v) is 2.35. The minimum absolute atomic E-state index is 0.0983. The van der Waals surface area contributed by atoms with Crippen LogP contribution in [0, 0.1) is 6.92 Å². The molecule has 23 heavy (non-hydrogen) atoms. The molecule has 0 spiro atoms. The zero-order valence-electron chi connectivity index (χ0n) is 14.2. The van der Waals surface area contributed by atoms with E-state index in [-0.39, 0.29) is 12.2 Å². The van der Waals surface area contributed by atoms with Crippen molar-refractivity contribution in [1.82, 2.24) is 0 Å². The number of benzene rings is 1. The minimum atomic E-state index is -0.914. The number of hydrogen-bond donors (Lipinski definition) is 1. The largest absolute Gasteiger partial charge is 0.493 e. The molecule has 1 rings (SSSR count). The van der Waals surface area contributed by atoms with Crippen LogP contribution in [0.2, 0.25) is 0 Å². The molecule has 0 radical (unpaired) electrons. The van der Waals surface area contributed by atoms with Crippen LogP contribution in [0.3, 0.4) is 0 Å². The topological polar surface area (TPSA) is 63.6 Å². The van der Waals surface area contributed by atoms with Gasteiger partial charge in [-0.3, -0.25) is 9.59 Å². The summed E-state index contributed by atoms with van der Waals surface area (Å²) in [6.07, 6.45) is 4.07. The van der Waals surface area contributed by atoms with E-state index in [1.165, 1.54) is 0 Å². The quantitative estimate of drug-likeness (QED) is 0.340. The third-order valence-corrected chi connectivity index (χ3v) is 3.44. The molecule has 0 saturated carbocycles. The highest BCUT2D eigenvalue weighted by atomic mass is 16.5. The molecule has 124 valence electrons. The third-order valence-electron chi connectivity index (χ3n) is 3.44. The molecule has 1 N–H and O–H groups in total. The van der Waals surface area contributed by atoms with Gasteiger partial charge in [0.15, 0.2) is 5.78 Å². The van der Waals surface area contributed by atoms with Gasteiger partial charge in [-0.05, 0) is 50.5 Å². The van der Waals surface area contributed by atoms with Gasteiger partial charge < -0.3 is 9.84 Å². The molecule has 0 fully saturated rings. The number of rotatable bonds is 8. The van der Waals surface area contributed by atoms with Crippen LogP contribution in [0.4, 0.5) is 0 Å². The van der Waals surface area contributed by atoms with Gasteiger partial charge in [0.2, 0.25) is 0 Å². The highest BCUT2D eigenvalue weighted by Crippen LogP contribution is 2.21. The average Bonchev–Trinajstić information content (AvgIpc) is 2.49. The molecule has 4 heteroatoms. The van der Waals surface area contributed by atoms with Gasteiger partial charge in [0, 0.05) is 11.1 Å². The lowest BCUT2D eigenvalue weighted by Crippen LogP contribution is -2.10. The summed E-state index contributed by atoms with van der Waals surface area (Å²) >= 11 is 0. The van der Waals surface area contributed by atoms with Gasteiger partial charge in [0.05, 0.1) is 13.0 Å². The summed E-state index contributed by atoms with van der Waals surface area (Å²) in [6.45, 7) is 7.98. The van der Waals surface area contributed by atoms with E-state index in [0.717, 1.165) is 5.56 Å². The van der Waals surface area contributed by atoms with Gasteiger partial charge >= 0.3 is 5.97 Å². The number of ether oxygens (including phenoxy) is 1. The Hall–Kier alpha value is -2.36. The molecular weight excluding hydrogens is 292 g/mol. The zero-order chi connectivity index (χ0) is 17.4. The summed E-state index contributed by atoms with van der Waals surface area (Å²) < 4.78 is 5.59. The maximum atomic E-state index is 12.9. The van der Waals surface area contributed by atoms with Gasteiger partial charge in [-0.15, -0.1) is 0 Å². The van der Waals surface area contributed by atoms with Crippen LogP contribution in [0.15, 0.2) is 41.7 Å². The van der Waals surface area contributed by atoms with E-state index in [4.69, 9.17) is 9.84 Å². The first kappa shape index (κ1) is 18.7. The molecule has 0 heterocycles. The predicted octanol–water partition coefficient (Wildman–Crippen LogP) is 4.08. The van der Waals surface area contributed by atoms with Crippen molar-refractivity contribution in [3.63, 3.8) is 0 Å². The van der Waals surface area contributed by atoms with E-state index >= 15 is 0 Å². The fraction of sp³-hybridized carbons (Fsp3) is 0.368.